The first-order valence-corrected chi connectivity index (χ1v) is 10.5. The molecule has 2 aromatic rings. The monoisotopic (exact) mass is 421 g/mol. The van der Waals surface area contributed by atoms with E-state index < -0.39 is 0 Å². The highest BCUT2D eigenvalue weighted by molar-refractivity contribution is 6.02. The molecule has 162 valence electrons. The highest BCUT2D eigenvalue weighted by Gasteiger charge is 2.35. The third-order valence-corrected chi connectivity index (χ3v) is 5.93. The van der Waals surface area contributed by atoms with Gasteiger partial charge in [-0.1, -0.05) is 12.6 Å². The van der Waals surface area contributed by atoms with Crippen LogP contribution in [0.25, 0.3) is 0 Å². The van der Waals surface area contributed by atoms with Gasteiger partial charge in [0.15, 0.2) is 0 Å². The first-order valence-electron chi connectivity index (χ1n) is 10.5. The number of benzene rings is 1. The van der Waals surface area contributed by atoms with Gasteiger partial charge >= 0.3 is 0 Å². The fourth-order valence-electron chi connectivity index (χ4n) is 4.35. The van der Waals surface area contributed by atoms with Gasteiger partial charge in [-0.05, 0) is 56.4 Å². The summed E-state index contributed by atoms with van der Waals surface area (Å²) in [5.74, 6) is 0.836. The molecule has 4 rings (SSSR count). The van der Waals surface area contributed by atoms with Crippen molar-refractivity contribution in [3.05, 3.63) is 53.7 Å². The van der Waals surface area contributed by atoms with Crippen LogP contribution in [0.3, 0.4) is 0 Å². The number of aryl methyl sites for hydroxylation is 1. The molecule has 2 aliphatic rings. The van der Waals surface area contributed by atoms with Crippen molar-refractivity contribution in [2.45, 2.75) is 51.2 Å². The van der Waals surface area contributed by atoms with E-state index in [-0.39, 0.29) is 23.9 Å². The Morgan fingerprint density at radius 2 is 2.19 bits per heavy atom. The van der Waals surface area contributed by atoms with Gasteiger partial charge in [0.25, 0.3) is 5.91 Å². The van der Waals surface area contributed by atoms with Crippen molar-refractivity contribution in [2.75, 3.05) is 17.7 Å². The van der Waals surface area contributed by atoms with Crippen molar-refractivity contribution in [1.29, 1.82) is 0 Å². The standard InChI is InChI=1S/C23H27N5O3/c1-4-20(29)25-17-9-8-15-13-28(22(30)19(15)11-17)18-7-5-6-16(10-18)26-23-24-12-14(2)21(27-23)31-3/h4,8-9,11-12,16,18H,1,5-7,10,13H2,2-3H3,(H,25,29)(H,24,26,27)/t16-,18+/m1/s1. The second-order valence-electron chi connectivity index (χ2n) is 8.05. The van der Waals surface area contributed by atoms with Gasteiger partial charge < -0.3 is 20.3 Å². The average molecular weight is 422 g/mol. The molecule has 8 nitrogen and oxygen atoms in total. The van der Waals surface area contributed by atoms with Crippen LogP contribution in [0, 0.1) is 6.92 Å². The van der Waals surface area contributed by atoms with Gasteiger partial charge in [-0.15, -0.1) is 0 Å². The van der Waals surface area contributed by atoms with Crippen molar-refractivity contribution in [1.82, 2.24) is 14.9 Å². The number of nitrogens with one attached hydrogen (secondary N) is 2. The Kier molecular flexibility index (Phi) is 5.88. The maximum atomic E-state index is 13.1. The summed E-state index contributed by atoms with van der Waals surface area (Å²) < 4.78 is 5.29. The summed E-state index contributed by atoms with van der Waals surface area (Å²) in [6.45, 7) is 5.96. The molecule has 31 heavy (non-hydrogen) atoms. The van der Waals surface area contributed by atoms with Crippen LogP contribution in [0.1, 0.15) is 47.2 Å². The molecule has 1 aliphatic heterocycles. The van der Waals surface area contributed by atoms with Crippen LogP contribution in [0.4, 0.5) is 11.6 Å². The summed E-state index contributed by atoms with van der Waals surface area (Å²) in [4.78, 5) is 35.4. The number of aromatic nitrogens is 2. The number of amides is 2. The lowest BCUT2D eigenvalue weighted by Crippen LogP contribution is -2.42. The highest BCUT2D eigenvalue weighted by atomic mass is 16.5. The molecule has 1 aliphatic carbocycles. The van der Waals surface area contributed by atoms with E-state index in [9.17, 15) is 9.59 Å². The van der Waals surface area contributed by atoms with Gasteiger partial charge in [0.2, 0.25) is 17.7 Å². The Bertz CT molecular complexity index is 1020. The SMILES string of the molecule is C=CC(=O)Nc1ccc2c(c1)C(=O)N([C@H]1CCC[C@@H](Nc3ncc(C)c(OC)n3)C1)C2. The van der Waals surface area contributed by atoms with Gasteiger partial charge in [-0.2, -0.15) is 4.98 Å². The Morgan fingerprint density at radius 1 is 1.35 bits per heavy atom. The summed E-state index contributed by atoms with van der Waals surface area (Å²) >= 11 is 0. The van der Waals surface area contributed by atoms with Gasteiger partial charge in [0.1, 0.15) is 0 Å². The van der Waals surface area contributed by atoms with Crippen molar-refractivity contribution in [2.24, 2.45) is 0 Å². The molecule has 0 saturated heterocycles. The number of carbonyl (C=O) groups is 2. The summed E-state index contributed by atoms with van der Waals surface area (Å²) in [5.41, 5.74) is 3.14. The zero-order valence-electron chi connectivity index (χ0n) is 17.9. The molecule has 2 amide bonds. The molecule has 2 N–H and O–H groups in total. The normalized spacial score (nSPS) is 20.2. The summed E-state index contributed by atoms with van der Waals surface area (Å²) in [6.07, 6.45) is 6.78. The van der Waals surface area contributed by atoms with Crippen LogP contribution in [-0.2, 0) is 11.3 Å². The van der Waals surface area contributed by atoms with Gasteiger partial charge in [0, 0.05) is 41.6 Å². The molecule has 0 unspecified atom stereocenters. The lowest BCUT2D eigenvalue weighted by Gasteiger charge is -2.35. The van der Waals surface area contributed by atoms with Crippen LogP contribution in [0.15, 0.2) is 37.1 Å². The molecule has 0 spiro atoms. The van der Waals surface area contributed by atoms with Crippen molar-refractivity contribution >= 4 is 23.5 Å². The quantitative estimate of drug-likeness (QED) is 0.695. The summed E-state index contributed by atoms with van der Waals surface area (Å²) in [6, 6.07) is 5.82. The van der Waals surface area contributed by atoms with E-state index >= 15 is 0 Å². The summed E-state index contributed by atoms with van der Waals surface area (Å²) in [7, 11) is 1.60. The minimum absolute atomic E-state index is 0.0172. The fourth-order valence-corrected chi connectivity index (χ4v) is 4.35. The third-order valence-electron chi connectivity index (χ3n) is 5.93. The number of hydrogen-bond acceptors (Lipinski definition) is 6. The zero-order valence-corrected chi connectivity index (χ0v) is 17.9. The molecule has 2 atom stereocenters. The Hall–Kier alpha value is -3.42. The molecule has 0 bridgehead atoms. The first kappa shape index (κ1) is 20.8. The van der Waals surface area contributed by atoms with Crippen LogP contribution in [0.5, 0.6) is 5.88 Å². The van der Waals surface area contributed by atoms with E-state index in [1.165, 1.54) is 6.08 Å². The third kappa shape index (κ3) is 4.38. The minimum Gasteiger partial charge on any atom is -0.481 e. The predicted molar refractivity (Wildman–Crippen MR) is 118 cm³/mol. The maximum Gasteiger partial charge on any atom is 0.254 e. The van der Waals surface area contributed by atoms with Crippen molar-refractivity contribution in [3.63, 3.8) is 0 Å². The molecule has 8 heteroatoms. The van der Waals surface area contributed by atoms with E-state index in [1.807, 2.05) is 24.0 Å². The molecule has 1 aromatic carbocycles. The van der Waals surface area contributed by atoms with Crippen LogP contribution < -0.4 is 15.4 Å². The van der Waals surface area contributed by atoms with Crippen LogP contribution in [-0.4, -0.2) is 45.9 Å². The number of methoxy groups -OCH3 is 1. The van der Waals surface area contributed by atoms with Crippen molar-refractivity contribution in [3.8, 4) is 5.88 Å². The fraction of sp³-hybridized carbons (Fsp3) is 0.391. The molecule has 1 aromatic heterocycles. The van der Waals surface area contributed by atoms with E-state index in [4.69, 9.17) is 4.74 Å². The topological polar surface area (TPSA) is 96.5 Å². The molecule has 2 heterocycles. The van der Waals surface area contributed by atoms with Gasteiger partial charge in [0.05, 0.1) is 7.11 Å². The predicted octanol–water partition coefficient (Wildman–Crippen LogP) is 3.30. The lowest BCUT2D eigenvalue weighted by atomic mass is 9.90. The molecular formula is C23H27N5O3. The number of hydrogen-bond donors (Lipinski definition) is 2. The Balaban J connectivity index is 1.44. The average Bonchev–Trinajstić information content (AvgIpc) is 3.11. The minimum atomic E-state index is -0.293. The lowest BCUT2D eigenvalue weighted by molar-refractivity contribution is -0.111. The molecule has 1 saturated carbocycles. The van der Waals surface area contributed by atoms with Crippen molar-refractivity contribution < 1.29 is 14.3 Å². The number of rotatable bonds is 6. The largest absolute Gasteiger partial charge is 0.481 e. The molecule has 1 fully saturated rings. The first-order chi connectivity index (χ1) is 15.0. The Labute approximate surface area is 181 Å². The van der Waals surface area contributed by atoms with E-state index in [0.717, 1.165) is 36.8 Å². The maximum absolute atomic E-state index is 13.1. The number of nitrogens with zero attached hydrogens (tertiary/aromatic N) is 3. The Morgan fingerprint density at radius 3 is 2.97 bits per heavy atom. The van der Waals surface area contributed by atoms with E-state index in [2.05, 4.69) is 27.2 Å². The second kappa shape index (κ2) is 8.75. The highest BCUT2D eigenvalue weighted by Crippen LogP contribution is 2.33. The number of anilines is 2. The number of fused-ring (bicyclic) bond motifs is 1. The molecular weight excluding hydrogens is 394 g/mol. The molecule has 0 radical (unpaired) electrons. The van der Waals surface area contributed by atoms with Crippen LogP contribution in [0.2, 0.25) is 0 Å². The zero-order chi connectivity index (χ0) is 22.0. The van der Waals surface area contributed by atoms with E-state index in [1.54, 1.807) is 19.4 Å². The van der Waals surface area contributed by atoms with E-state index in [0.29, 0.717) is 29.6 Å². The van der Waals surface area contributed by atoms with Crippen LogP contribution >= 0.6 is 0 Å². The smallest absolute Gasteiger partial charge is 0.254 e. The number of ether oxygens (including phenoxy) is 1. The summed E-state index contributed by atoms with van der Waals surface area (Å²) in [5, 5.41) is 6.13. The second-order valence-corrected chi connectivity index (χ2v) is 8.05. The number of carbonyl (C=O) groups excluding carboxylic acids is 2. The van der Waals surface area contributed by atoms with Gasteiger partial charge in [-0.3, -0.25) is 9.59 Å². The van der Waals surface area contributed by atoms with Gasteiger partial charge in [-0.25, -0.2) is 4.98 Å².